The second-order valence-electron chi connectivity index (χ2n) is 5.01. The van der Waals surface area contributed by atoms with Gasteiger partial charge < -0.3 is 5.32 Å². The van der Waals surface area contributed by atoms with E-state index in [4.69, 9.17) is 12.2 Å². The van der Waals surface area contributed by atoms with E-state index >= 15 is 0 Å². The molecule has 0 aliphatic rings. The molecule has 0 saturated heterocycles. The minimum Gasteiger partial charge on any atom is -0.332 e. The number of hydrogen-bond acceptors (Lipinski definition) is 3. The predicted molar refractivity (Wildman–Crippen MR) is 99.0 cm³/mol. The van der Waals surface area contributed by atoms with Crippen molar-refractivity contribution in [1.29, 1.82) is 0 Å². The van der Waals surface area contributed by atoms with E-state index in [0.717, 1.165) is 10.0 Å². The third-order valence-corrected chi connectivity index (χ3v) is 4.27. The van der Waals surface area contributed by atoms with Gasteiger partial charge in [-0.05, 0) is 68.0 Å². The van der Waals surface area contributed by atoms with Crippen LogP contribution in [0.2, 0.25) is 0 Å². The first kappa shape index (κ1) is 17.3. The number of nitrogens with one attached hydrogen (secondary N) is 2. The van der Waals surface area contributed by atoms with Crippen LogP contribution in [-0.2, 0) is 0 Å². The molecule has 0 bridgehead atoms. The van der Waals surface area contributed by atoms with Crippen LogP contribution in [0.3, 0.4) is 0 Å². The lowest BCUT2D eigenvalue weighted by molar-refractivity contribution is 0.0976. The molecule has 6 heteroatoms. The lowest BCUT2D eigenvalue weighted by Crippen LogP contribution is -2.34. The van der Waals surface area contributed by atoms with Crippen molar-refractivity contribution in [2.45, 2.75) is 13.8 Å². The third-order valence-electron chi connectivity index (χ3n) is 3.21. The zero-order chi connectivity index (χ0) is 17.0. The van der Waals surface area contributed by atoms with E-state index in [-0.39, 0.29) is 16.8 Å². The molecule has 0 fully saturated rings. The quantitative estimate of drug-likeness (QED) is 0.611. The van der Waals surface area contributed by atoms with Crippen molar-refractivity contribution in [3.8, 4) is 0 Å². The van der Waals surface area contributed by atoms with Crippen LogP contribution in [0.4, 0.5) is 5.69 Å². The van der Waals surface area contributed by atoms with E-state index in [1.807, 2.05) is 13.0 Å². The van der Waals surface area contributed by atoms with Crippen molar-refractivity contribution < 1.29 is 9.59 Å². The van der Waals surface area contributed by atoms with Gasteiger partial charge in [-0.25, -0.2) is 0 Å². The van der Waals surface area contributed by atoms with Gasteiger partial charge in [-0.1, -0.05) is 22.0 Å². The van der Waals surface area contributed by atoms with Gasteiger partial charge in [0.1, 0.15) is 0 Å². The summed E-state index contributed by atoms with van der Waals surface area (Å²) in [4.78, 5) is 23.4. The van der Waals surface area contributed by atoms with Gasteiger partial charge in [0.05, 0.1) is 0 Å². The molecule has 0 atom stereocenters. The Hall–Kier alpha value is -2.05. The summed E-state index contributed by atoms with van der Waals surface area (Å²) in [5.74, 6) is -0.291. The van der Waals surface area contributed by atoms with Crippen LogP contribution in [0, 0.1) is 6.92 Å². The zero-order valence-electron chi connectivity index (χ0n) is 12.6. The molecule has 118 valence electrons. The van der Waals surface area contributed by atoms with Gasteiger partial charge in [0.25, 0.3) is 5.91 Å². The maximum atomic E-state index is 12.1. The number of ketones is 1. The lowest BCUT2D eigenvalue weighted by Gasteiger charge is -2.10. The fraction of sp³-hybridized carbons (Fsp3) is 0.118. The highest BCUT2D eigenvalue weighted by molar-refractivity contribution is 9.10. The maximum Gasteiger partial charge on any atom is 0.257 e. The summed E-state index contributed by atoms with van der Waals surface area (Å²) in [5.41, 5.74) is 2.88. The number of carbonyl (C=O) groups is 2. The Labute approximate surface area is 148 Å². The molecule has 0 aliphatic heterocycles. The standard InChI is InChI=1S/C17H15BrN2O2S/c1-10-3-4-13(9-15(10)18)16(22)20-17(23)19-14-7-5-12(6-8-14)11(2)21/h3-9H,1-2H3,(H2,19,20,22,23). The van der Waals surface area contributed by atoms with E-state index in [9.17, 15) is 9.59 Å². The van der Waals surface area contributed by atoms with E-state index in [1.54, 1.807) is 36.4 Å². The van der Waals surface area contributed by atoms with E-state index in [1.165, 1.54) is 6.92 Å². The Kier molecular flexibility index (Phi) is 5.63. The molecule has 2 N–H and O–H groups in total. The van der Waals surface area contributed by atoms with Crippen molar-refractivity contribution in [2.24, 2.45) is 0 Å². The van der Waals surface area contributed by atoms with Crippen molar-refractivity contribution in [3.05, 3.63) is 63.6 Å². The minimum atomic E-state index is -0.288. The number of benzene rings is 2. The fourth-order valence-corrected chi connectivity index (χ4v) is 2.45. The lowest BCUT2D eigenvalue weighted by atomic mass is 10.1. The molecule has 0 saturated carbocycles. The smallest absolute Gasteiger partial charge is 0.257 e. The first-order valence-corrected chi connectivity index (χ1v) is 8.06. The van der Waals surface area contributed by atoms with Crippen LogP contribution in [0.15, 0.2) is 46.9 Å². The van der Waals surface area contributed by atoms with Gasteiger partial charge in [0.2, 0.25) is 0 Å². The van der Waals surface area contributed by atoms with Gasteiger partial charge in [-0.2, -0.15) is 0 Å². The number of hydrogen-bond donors (Lipinski definition) is 2. The molecule has 4 nitrogen and oxygen atoms in total. The highest BCUT2D eigenvalue weighted by Crippen LogP contribution is 2.17. The van der Waals surface area contributed by atoms with Gasteiger partial charge >= 0.3 is 0 Å². The van der Waals surface area contributed by atoms with Crippen LogP contribution in [0.1, 0.15) is 33.2 Å². The second-order valence-corrected chi connectivity index (χ2v) is 6.27. The second kappa shape index (κ2) is 7.48. The molecule has 23 heavy (non-hydrogen) atoms. The van der Waals surface area contributed by atoms with E-state index in [2.05, 4.69) is 26.6 Å². The Bertz CT molecular complexity index is 773. The average molecular weight is 391 g/mol. The highest BCUT2D eigenvalue weighted by Gasteiger charge is 2.09. The molecule has 2 aromatic carbocycles. The number of thiocarbonyl (C=S) groups is 1. The van der Waals surface area contributed by atoms with Crippen LogP contribution in [-0.4, -0.2) is 16.8 Å². The first-order valence-electron chi connectivity index (χ1n) is 6.86. The van der Waals surface area contributed by atoms with Crippen molar-refractivity contribution in [3.63, 3.8) is 0 Å². The van der Waals surface area contributed by atoms with Crippen LogP contribution < -0.4 is 10.6 Å². The number of amides is 1. The molecule has 0 aliphatic carbocycles. The normalized spacial score (nSPS) is 10.0. The average Bonchev–Trinajstić information content (AvgIpc) is 2.50. The van der Waals surface area contributed by atoms with Gasteiger partial charge in [0.15, 0.2) is 10.9 Å². The summed E-state index contributed by atoms with van der Waals surface area (Å²) >= 11 is 8.53. The summed E-state index contributed by atoms with van der Waals surface area (Å²) < 4.78 is 0.865. The molecule has 2 rings (SSSR count). The molecule has 0 heterocycles. The summed E-state index contributed by atoms with van der Waals surface area (Å²) in [6, 6.07) is 12.2. The Morgan fingerprint density at radius 1 is 1.04 bits per heavy atom. The third kappa shape index (κ3) is 4.71. The molecule has 1 amide bonds. The Balaban J connectivity index is 1.99. The molecular formula is C17H15BrN2O2S. The van der Waals surface area contributed by atoms with Crippen LogP contribution >= 0.6 is 28.1 Å². The summed E-state index contributed by atoms with van der Waals surface area (Å²) in [6.45, 7) is 3.45. The number of Topliss-reactive ketones (excluding diaryl/α,β-unsaturated/α-hetero) is 1. The Morgan fingerprint density at radius 2 is 1.65 bits per heavy atom. The monoisotopic (exact) mass is 390 g/mol. The number of aryl methyl sites for hydroxylation is 1. The predicted octanol–water partition coefficient (Wildman–Crippen LogP) is 4.09. The van der Waals surface area contributed by atoms with Gasteiger partial charge in [-0.15, -0.1) is 0 Å². The van der Waals surface area contributed by atoms with E-state index < -0.39 is 0 Å². The number of carbonyl (C=O) groups excluding carboxylic acids is 2. The number of rotatable bonds is 3. The molecule has 0 unspecified atom stereocenters. The SMILES string of the molecule is CC(=O)c1ccc(NC(=S)NC(=O)c2ccc(C)c(Br)c2)cc1. The van der Waals surface area contributed by atoms with Gasteiger partial charge in [0, 0.05) is 21.3 Å². The molecular weight excluding hydrogens is 376 g/mol. The molecule has 2 aromatic rings. The summed E-state index contributed by atoms with van der Waals surface area (Å²) in [5, 5.41) is 5.73. The molecule has 0 spiro atoms. The largest absolute Gasteiger partial charge is 0.332 e. The maximum absolute atomic E-state index is 12.1. The zero-order valence-corrected chi connectivity index (χ0v) is 15.0. The minimum absolute atomic E-state index is 0.00243. The van der Waals surface area contributed by atoms with Crippen molar-refractivity contribution in [1.82, 2.24) is 5.32 Å². The Morgan fingerprint density at radius 3 is 2.22 bits per heavy atom. The summed E-state index contributed by atoms with van der Waals surface area (Å²) in [7, 11) is 0. The summed E-state index contributed by atoms with van der Waals surface area (Å²) in [6.07, 6.45) is 0. The first-order chi connectivity index (χ1) is 10.9. The molecule has 0 radical (unpaired) electrons. The van der Waals surface area contributed by atoms with Crippen LogP contribution in [0.25, 0.3) is 0 Å². The van der Waals surface area contributed by atoms with Crippen molar-refractivity contribution >= 4 is 50.6 Å². The fourth-order valence-electron chi connectivity index (χ4n) is 1.86. The topological polar surface area (TPSA) is 58.2 Å². The van der Waals surface area contributed by atoms with Crippen molar-refractivity contribution in [2.75, 3.05) is 5.32 Å². The highest BCUT2D eigenvalue weighted by atomic mass is 79.9. The van der Waals surface area contributed by atoms with E-state index in [0.29, 0.717) is 16.8 Å². The van der Waals surface area contributed by atoms with Gasteiger partial charge in [-0.3, -0.25) is 14.9 Å². The molecule has 0 aromatic heterocycles. The number of halogens is 1. The van der Waals surface area contributed by atoms with Crippen LogP contribution in [0.5, 0.6) is 0 Å². The number of anilines is 1.